The summed E-state index contributed by atoms with van der Waals surface area (Å²) in [5.74, 6) is 1.93. The normalized spacial score (nSPS) is 10.0. The lowest BCUT2D eigenvalue weighted by atomic mass is 10.0. The summed E-state index contributed by atoms with van der Waals surface area (Å²) in [6.45, 7) is 11.7. The van der Waals surface area contributed by atoms with Gasteiger partial charge in [-0.05, 0) is 38.5 Å². The van der Waals surface area contributed by atoms with Crippen LogP contribution < -0.4 is 0 Å². The highest BCUT2D eigenvalue weighted by molar-refractivity contribution is 5.78. The molecule has 0 spiro atoms. The second kappa shape index (κ2) is 10.8. The molecule has 0 amide bonds. The van der Waals surface area contributed by atoms with Crippen LogP contribution in [0.4, 0.5) is 0 Å². The highest BCUT2D eigenvalue weighted by atomic mass is 16.1. The number of hydrogen-bond donors (Lipinski definition) is 0. The Bertz CT molecular complexity index is 175. The van der Waals surface area contributed by atoms with Crippen LogP contribution in [0.2, 0.25) is 0 Å². The zero-order valence-electron chi connectivity index (χ0n) is 11.8. The second-order valence-corrected chi connectivity index (χ2v) is 5.31. The summed E-state index contributed by atoms with van der Waals surface area (Å²) in [6, 6.07) is 0. The number of rotatable bonds is 6. The maximum atomic E-state index is 11.3. The fourth-order valence-electron chi connectivity index (χ4n) is 1.02. The molecule has 0 N–H and O–H groups in total. The number of ketones is 2. The van der Waals surface area contributed by atoms with Crippen LogP contribution in [-0.2, 0) is 9.59 Å². The summed E-state index contributed by atoms with van der Waals surface area (Å²) in [4.78, 5) is 20.7. The third kappa shape index (κ3) is 23.3. The van der Waals surface area contributed by atoms with E-state index in [-0.39, 0.29) is 5.78 Å². The van der Waals surface area contributed by atoms with E-state index in [0.717, 1.165) is 25.7 Å². The Morgan fingerprint density at radius 3 is 1.25 bits per heavy atom. The third-order valence-corrected chi connectivity index (χ3v) is 2.00. The van der Waals surface area contributed by atoms with Crippen molar-refractivity contribution in [3.8, 4) is 0 Å². The molecule has 2 nitrogen and oxygen atoms in total. The molecule has 0 fully saturated rings. The van der Waals surface area contributed by atoms with E-state index in [2.05, 4.69) is 27.7 Å². The lowest BCUT2D eigenvalue weighted by Crippen LogP contribution is -2.02. The summed E-state index contributed by atoms with van der Waals surface area (Å²) in [5.41, 5.74) is 0. The Morgan fingerprint density at radius 1 is 0.812 bits per heavy atom. The molecular formula is C14H28O2. The molecule has 0 bridgehead atoms. The van der Waals surface area contributed by atoms with Gasteiger partial charge in [0, 0.05) is 12.8 Å². The van der Waals surface area contributed by atoms with Crippen LogP contribution in [0.3, 0.4) is 0 Å². The summed E-state index contributed by atoms with van der Waals surface area (Å²) >= 11 is 0. The van der Waals surface area contributed by atoms with Crippen LogP contribution in [0.25, 0.3) is 0 Å². The van der Waals surface area contributed by atoms with Gasteiger partial charge in [0.1, 0.15) is 11.6 Å². The van der Waals surface area contributed by atoms with E-state index < -0.39 is 0 Å². The van der Waals surface area contributed by atoms with Gasteiger partial charge in [0.15, 0.2) is 0 Å². The Hall–Kier alpha value is -0.660. The molecule has 16 heavy (non-hydrogen) atoms. The molecule has 0 saturated heterocycles. The molecular weight excluding hydrogens is 200 g/mol. The lowest BCUT2D eigenvalue weighted by Gasteiger charge is -2.05. The van der Waals surface area contributed by atoms with Crippen molar-refractivity contribution in [2.45, 2.75) is 67.2 Å². The summed E-state index contributed by atoms with van der Waals surface area (Å²) in [7, 11) is 0. The van der Waals surface area contributed by atoms with Crippen LogP contribution >= 0.6 is 0 Å². The molecule has 0 aromatic carbocycles. The molecule has 0 aromatic heterocycles. The van der Waals surface area contributed by atoms with Crippen molar-refractivity contribution in [1.29, 1.82) is 0 Å². The van der Waals surface area contributed by atoms with Gasteiger partial charge >= 0.3 is 0 Å². The van der Waals surface area contributed by atoms with Crippen molar-refractivity contribution in [3.05, 3.63) is 0 Å². The maximum absolute atomic E-state index is 11.3. The van der Waals surface area contributed by atoms with Crippen molar-refractivity contribution in [2.75, 3.05) is 0 Å². The van der Waals surface area contributed by atoms with Crippen molar-refractivity contribution in [2.24, 2.45) is 11.8 Å². The first-order chi connectivity index (χ1) is 7.25. The Kier molecular flexibility index (Phi) is 12.0. The van der Waals surface area contributed by atoms with Crippen LogP contribution in [0.1, 0.15) is 67.2 Å². The van der Waals surface area contributed by atoms with Gasteiger partial charge in [-0.1, -0.05) is 27.7 Å². The number of Topliss-reactive ketones (excluding diaryl/α,β-unsaturated/α-hetero) is 2. The van der Waals surface area contributed by atoms with Gasteiger partial charge in [-0.2, -0.15) is 0 Å². The van der Waals surface area contributed by atoms with Crippen LogP contribution in [0.15, 0.2) is 0 Å². The van der Waals surface area contributed by atoms with Gasteiger partial charge in [0.2, 0.25) is 0 Å². The minimum absolute atomic E-state index is 0.167. The van der Waals surface area contributed by atoms with E-state index in [0.29, 0.717) is 17.6 Å². The van der Waals surface area contributed by atoms with E-state index in [1.807, 2.05) is 0 Å². The fraction of sp³-hybridized carbons (Fsp3) is 0.857. The van der Waals surface area contributed by atoms with Gasteiger partial charge in [-0.15, -0.1) is 0 Å². The van der Waals surface area contributed by atoms with E-state index in [1.165, 1.54) is 13.8 Å². The van der Waals surface area contributed by atoms with E-state index in [1.54, 1.807) is 0 Å². The third-order valence-electron chi connectivity index (χ3n) is 2.00. The average Bonchev–Trinajstić information content (AvgIpc) is 2.10. The minimum atomic E-state index is 0.167. The van der Waals surface area contributed by atoms with Crippen LogP contribution in [0.5, 0.6) is 0 Å². The Labute approximate surface area is 101 Å². The first-order valence-corrected chi connectivity index (χ1v) is 6.24. The van der Waals surface area contributed by atoms with Gasteiger partial charge < -0.3 is 4.79 Å². The molecule has 96 valence electrons. The van der Waals surface area contributed by atoms with Gasteiger partial charge in [-0.3, -0.25) is 4.79 Å². The Morgan fingerprint density at radius 2 is 1.06 bits per heavy atom. The molecule has 0 unspecified atom stereocenters. The first kappa shape index (κ1) is 17.7. The largest absolute Gasteiger partial charge is 0.300 e. The molecule has 0 aliphatic carbocycles. The SMILES string of the molecule is CC(C)=O.CC(C)CCC(=O)CCC(C)C. The van der Waals surface area contributed by atoms with Crippen molar-refractivity contribution in [1.82, 2.24) is 0 Å². The van der Waals surface area contributed by atoms with Crippen molar-refractivity contribution >= 4 is 11.6 Å². The lowest BCUT2D eigenvalue weighted by molar-refractivity contribution is -0.119. The summed E-state index contributed by atoms with van der Waals surface area (Å²) in [6.07, 6.45) is 3.67. The number of hydrogen-bond acceptors (Lipinski definition) is 2. The molecule has 0 aromatic rings. The molecule has 0 aliphatic rings. The predicted octanol–water partition coefficient (Wildman–Crippen LogP) is 4.02. The number of carbonyl (C=O) groups is 2. The molecule has 0 aliphatic heterocycles. The Balaban J connectivity index is 0. The predicted molar refractivity (Wildman–Crippen MR) is 69.5 cm³/mol. The monoisotopic (exact) mass is 228 g/mol. The highest BCUT2D eigenvalue weighted by Crippen LogP contribution is 2.09. The molecule has 0 rings (SSSR count). The van der Waals surface area contributed by atoms with Gasteiger partial charge in [-0.25, -0.2) is 0 Å². The molecule has 0 heterocycles. The maximum Gasteiger partial charge on any atom is 0.132 e. The van der Waals surface area contributed by atoms with Crippen LogP contribution in [-0.4, -0.2) is 11.6 Å². The topological polar surface area (TPSA) is 34.1 Å². The average molecular weight is 228 g/mol. The van der Waals surface area contributed by atoms with Crippen LogP contribution in [0, 0.1) is 11.8 Å². The molecule has 0 radical (unpaired) electrons. The fourth-order valence-corrected chi connectivity index (χ4v) is 1.02. The van der Waals surface area contributed by atoms with E-state index in [4.69, 9.17) is 0 Å². The van der Waals surface area contributed by atoms with E-state index in [9.17, 15) is 9.59 Å². The smallest absolute Gasteiger partial charge is 0.132 e. The minimum Gasteiger partial charge on any atom is -0.300 e. The van der Waals surface area contributed by atoms with Crippen molar-refractivity contribution < 1.29 is 9.59 Å². The van der Waals surface area contributed by atoms with Gasteiger partial charge in [0.25, 0.3) is 0 Å². The van der Waals surface area contributed by atoms with E-state index >= 15 is 0 Å². The molecule has 0 saturated carbocycles. The van der Waals surface area contributed by atoms with Crippen molar-refractivity contribution in [3.63, 3.8) is 0 Å². The summed E-state index contributed by atoms with van der Waals surface area (Å²) < 4.78 is 0. The summed E-state index contributed by atoms with van der Waals surface area (Å²) in [5, 5.41) is 0. The molecule has 0 atom stereocenters. The molecule has 2 heteroatoms. The quantitative estimate of drug-likeness (QED) is 0.688. The first-order valence-electron chi connectivity index (χ1n) is 6.24. The number of carbonyl (C=O) groups excluding carboxylic acids is 2. The zero-order valence-corrected chi connectivity index (χ0v) is 11.8. The van der Waals surface area contributed by atoms with Gasteiger partial charge in [0.05, 0.1) is 0 Å². The second-order valence-electron chi connectivity index (χ2n) is 5.31. The zero-order chi connectivity index (χ0) is 13.1. The highest BCUT2D eigenvalue weighted by Gasteiger charge is 2.04. The standard InChI is InChI=1S/C11H22O.C3H6O/c1-9(2)5-7-11(12)8-6-10(3)4;1-3(2)4/h9-10H,5-8H2,1-4H3;1-2H3.